The predicted molar refractivity (Wildman–Crippen MR) is 78.8 cm³/mol. The number of nitrogens with zero attached hydrogens (tertiary/aromatic N) is 2. The van der Waals surface area contributed by atoms with Crippen LogP contribution in [-0.2, 0) is 0 Å². The smallest absolute Gasteiger partial charge is 0.478 e. The summed E-state index contributed by atoms with van der Waals surface area (Å²) < 4.78 is 45.7. The maximum atomic E-state index is 12.3. The van der Waals surface area contributed by atoms with E-state index in [4.69, 9.17) is 9.63 Å². The topological polar surface area (TPSA) is 85.5 Å². The second kappa shape index (κ2) is 6.27. The molecule has 128 valence electrons. The lowest BCUT2D eigenvalue weighted by atomic mass is 10.1. The summed E-state index contributed by atoms with van der Waals surface area (Å²) in [5.74, 6) is -1.44. The summed E-state index contributed by atoms with van der Waals surface area (Å²) in [6, 6.07) is 11.0. The number of carboxylic acid groups (broad SMARTS) is 1. The molecule has 1 N–H and O–H groups in total. The van der Waals surface area contributed by atoms with E-state index in [2.05, 4.69) is 14.9 Å². The van der Waals surface area contributed by atoms with E-state index >= 15 is 0 Å². The van der Waals surface area contributed by atoms with Crippen LogP contribution in [0.4, 0.5) is 13.2 Å². The molecule has 9 heteroatoms. The molecule has 6 nitrogen and oxygen atoms in total. The number of rotatable bonds is 4. The van der Waals surface area contributed by atoms with Crippen LogP contribution >= 0.6 is 0 Å². The summed E-state index contributed by atoms with van der Waals surface area (Å²) in [5, 5.41) is 12.7. The van der Waals surface area contributed by atoms with Crippen LogP contribution in [-0.4, -0.2) is 27.6 Å². The number of hydrogen-bond donors (Lipinski definition) is 1. The number of ether oxygens (including phenoxy) is 1. The molecule has 1 aromatic heterocycles. The van der Waals surface area contributed by atoms with E-state index in [1.54, 1.807) is 6.07 Å². The van der Waals surface area contributed by atoms with Gasteiger partial charge in [0.1, 0.15) is 5.75 Å². The molecule has 25 heavy (non-hydrogen) atoms. The number of carboxylic acids is 1. The van der Waals surface area contributed by atoms with Crippen molar-refractivity contribution < 1.29 is 32.3 Å². The number of aromatic carboxylic acids is 1. The van der Waals surface area contributed by atoms with Crippen molar-refractivity contribution in [3.63, 3.8) is 0 Å². The first-order chi connectivity index (χ1) is 11.8. The number of hydrogen-bond acceptors (Lipinski definition) is 5. The van der Waals surface area contributed by atoms with Gasteiger partial charge in [0, 0.05) is 11.1 Å². The van der Waals surface area contributed by atoms with Crippen LogP contribution in [0.3, 0.4) is 0 Å². The SMILES string of the molecule is O=C(O)c1cccc(-c2noc(-c3cccc(OC(F)(F)F)c3)n2)c1. The van der Waals surface area contributed by atoms with Crippen molar-refractivity contribution in [1.82, 2.24) is 10.1 Å². The average Bonchev–Trinajstić information content (AvgIpc) is 3.03. The van der Waals surface area contributed by atoms with E-state index in [9.17, 15) is 18.0 Å². The number of benzene rings is 2. The highest BCUT2D eigenvalue weighted by molar-refractivity contribution is 5.89. The van der Waals surface area contributed by atoms with Crippen LogP contribution in [0.15, 0.2) is 53.1 Å². The quantitative estimate of drug-likeness (QED) is 0.765. The van der Waals surface area contributed by atoms with Crippen molar-refractivity contribution >= 4 is 5.97 Å². The van der Waals surface area contributed by atoms with Gasteiger partial charge in [-0.3, -0.25) is 0 Å². The minimum absolute atomic E-state index is 0.0247. The van der Waals surface area contributed by atoms with Crippen molar-refractivity contribution in [3.05, 3.63) is 54.1 Å². The molecule has 2 aromatic carbocycles. The summed E-state index contributed by atoms with van der Waals surface area (Å²) >= 11 is 0. The molecule has 0 saturated heterocycles. The third-order valence-electron chi connectivity index (χ3n) is 3.11. The van der Waals surface area contributed by atoms with Gasteiger partial charge in [-0.1, -0.05) is 23.4 Å². The Morgan fingerprint density at radius 3 is 2.52 bits per heavy atom. The zero-order valence-electron chi connectivity index (χ0n) is 12.3. The molecule has 0 spiro atoms. The van der Waals surface area contributed by atoms with Crippen LogP contribution in [0.1, 0.15) is 10.4 Å². The summed E-state index contributed by atoms with van der Waals surface area (Å²) in [6.07, 6.45) is -4.81. The molecule has 1 heterocycles. The van der Waals surface area contributed by atoms with Gasteiger partial charge in [0.05, 0.1) is 5.56 Å². The van der Waals surface area contributed by atoms with Gasteiger partial charge in [0.2, 0.25) is 5.82 Å². The fourth-order valence-corrected chi connectivity index (χ4v) is 2.08. The fraction of sp³-hybridized carbons (Fsp3) is 0.0625. The molecule has 3 rings (SSSR count). The van der Waals surface area contributed by atoms with Gasteiger partial charge >= 0.3 is 12.3 Å². The van der Waals surface area contributed by atoms with Crippen LogP contribution in [0.25, 0.3) is 22.8 Å². The Hall–Kier alpha value is -3.36. The molecule has 0 aliphatic carbocycles. The van der Waals surface area contributed by atoms with Gasteiger partial charge in [-0.15, -0.1) is 13.2 Å². The average molecular weight is 350 g/mol. The van der Waals surface area contributed by atoms with E-state index < -0.39 is 18.1 Å². The number of carbonyl (C=O) groups is 1. The number of aromatic nitrogens is 2. The van der Waals surface area contributed by atoms with Crippen molar-refractivity contribution in [3.8, 4) is 28.6 Å². The molecule has 0 radical (unpaired) electrons. The Kier molecular flexibility index (Phi) is 4.14. The zero-order valence-corrected chi connectivity index (χ0v) is 12.3. The fourth-order valence-electron chi connectivity index (χ4n) is 2.08. The standard InChI is InChI=1S/C16H9F3N2O4/c17-16(18,19)24-12-6-2-4-10(8-12)14-20-13(21-25-14)9-3-1-5-11(7-9)15(22)23/h1-8H,(H,22,23). The zero-order chi connectivity index (χ0) is 18.0. The Morgan fingerprint density at radius 1 is 1.08 bits per heavy atom. The van der Waals surface area contributed by atoms with Gasteiger partial charge < -0.3 is 14.4 Å². The van der Waals surface area contributed by atoms with Crippen molar-refractivity contribution in [2.24, 2.45) is 0 Å². The van der Waals surface area contributed by atoms with Crippen LogP contribution in [0.5, 0.6) is 5.75 Å². The first kappa shape index (κ1) is 16.5. The third-order valence-corrected chi connectivity index (χ3v) is 3.11. The molecule has 0 fully saturated rings. The molecule has 0 aliphatic rings. The summed E-state index contributed by atoms with van der Waals surface area (Å²) in [6.45, 7) is 0. The highest BCUT2D eigenvalue weighted by Crippen LogP contribution is 2.28. The molecule has 0 saturated carbocycles. The summed E-state index contributed by atoms with van der Waals surface area (Å²) in [7, 11) is 0. The number of halogens is 3. The van der Waals surface area contributed by atoms with E-state index in [1.165, 1.54) is 30.3 Å². The van der Waals surface area contributed by atoms with Gasteiger partial charge in [0.25, 0.3) is 5.89 Å². The highest BCUT2D eigenvalue weighted by atomic mass is 19.4. The molecule has 0 unspecified atom stereocenters. The normalized spacial score (nSPS) is 11.3. The Labute approximate surface area is 138 Å². The Morgan fingerprint density at radius 2 is 1.80 bits per heavy atom. The third kappa shape index (κ3) is 3.94. The molecule has 0 amide bonds. The van der Waals surface area contributed by atoms with Gasteiger partial charge in [0.15, 0.2) is 0 Å². The lowest BCUT2D eigenvalue weighted by Crippen LogP contribution is -2.17. The summed E-state index contributed by atoms with van der Waals surface area (Å²) in [5.41, 5.74) is 0.678. The van der Waals surface area contributed by atoms with Crippen LogP contribution in [0.2, 0.25) is 0 Å². The van der Waals surface area contributed by atoms with Gasteiger partial charge in [-0.2, -0.15) is 4.98 Å². The van der Waals surface area contributed by atoms with Crippen molar-refractivity contribution in [1.29, 1.82) is 0 Å². The monoisotopic (exact) mass is 350 g/mol. The Bertz CT molecular complexity index is 921. The molecule has 0 bridgehead atoms. The van der Waals surface area contributed by atoms with Crippen LogP contribution < -0.4 is 4.74 Å². The number of alkyl halides is 3. The van der Waals surface area contributed by atoms with E-state index in [1.807, 2.05) is 0 Å². The van der Waals surface area contributed by atoms with Crippen molar-refractivity contribution in [2.45, 2.75) is 6.36 Å². The second-order valence-corrected chi connectivity index (χ2v) is 4.88. The lowest BCUT2D eigenvalue weighted by molar-refractivity contribution is -0.274. The highest BCUT2D eigenvalue weighted by Gasteiger charge is 2.31. The molecule has 0 atom stereocenters. The second-order valence-electron chi connectivity index (χ2n) is 4.88. The maximum Gasteiger partial charge on any atom is 0.573 e. The minimum Gasteiger partial charge on any atom is -0.478 e. The lowest BCUT2D eigenvalue weighted by Gasteiger charge is -2.08. The Balaban J connectivity index is 1.90. The first-order valence-corrected chi connectivity index (χ1v) is 6.85. The molecule has 0 aliphatic heterocycles. The van der Waals surface area contributed by atoms with Gasteiger partial charge in [-0.05, 0) is 30.3 Å². The van der Waals surface area contributed by atoms with E-state index in [-0.39, 0.29) is 22.8 Å². The molecular weight excluding hydrogens is 341 g/mol. The molecular formula is C16H9F3N2O4. The maximum absolute atomic E-state index is 12.3. The van der Waals surface area contributed by atoms with E-state index in [0.717, 1.165) is 12.1 Å². The van der Waals surface area contributed by atoms with E-state index in [0.29, 0.717) is 5.56 Å². The van der Waals surface area contributed by atoms with Crippen molar-refractivity contribution in [2.75, 3.05) is 0 Å². The predicted octanol–water partition coefficient (Wildman–Crippen LogP) is 4.00. The molecule has 3 aromatic rings. The summed E-state index contributed by atoms with van der Waals surface area (Å²) in [4.78, 5) is 15.1. The first-order valence-electron chi connectivity index (χ1n) is 6.85. The largest absolute Gasteiger partial charge is 0.573 e. The minimum atomic E-state index is -4.81. The van der Waals surface area contributed by atoms with Gasteiger partial charge in [-0.25, -0.2) is 4.79 Å². The van der Waals surface area contributed by atoms with Crippen LogP contribution in [0, 0.1) is 0 Å².